The number of likely N-dealkylation sites (N-methyl/N-ethyl adjacent to an activating group) is 1. The van der Waals surface area contributed by atoms with Crippen LogP contribution in [0.25, 0.3) is 5.52 Å². The van der Waals surface area contributed by atoms with Gasteiger partial charge in [-0.05, 0) is 37.9 Å². The lowest BCUT2D eigenvalue weighted by Gasteiger charge is -2.23. The van der Waals surface area contributed by atoms with Gasteiger partial charge in [0.15, 0.2) is 5.82 Å². The maximum absolute atomic E-state index is 4.61. The van der Waals surface area contributed by atoms with Crippen LogP contribution in [-0.4, -0.2) is 45.2 Å². The molecule has 1 aliphatic rings. The average Bonchev–Trinajstić information content (AvgIpc) is 3.11. The summed E-state index contributed by atoms with van der Waals surface area (Å²) >= 11 is 0. The van der Waals surface area contributed by atoms with Crippen molar-refractivity contribution in [2.45, 2.75) is 45.6 Å². The minimum atomic E-state index is 0.433. The number of fused-ring (bicyclic) bond motifs is 1. The van der Waals surface area contributed by atoms with E-state index in [2.05, 4.69) is 47.1 Å². The number of hydrogen-bond acceptors (Lipinski definition) is 4. The molecule has 0 saturated carbocycles. The Morgan fingerprint density at radius 1 is 1.43 bits per heavy atom. The fourth-order valence-corrected chi connectivity index (χ4v) is 3.12. The Balaban J connectivity index is 1.77. The van der Waals surface area contributed by atoms with Gasteiger partial charge in [-0.3, -0.25) is 4.90 Å². The van der Waals surface area contributed by atoms with E-state index in [1.54, 1.807) is 0 Å². The van der Waals surface area contributed by atoms with Crippen LogP contribution in [0.15, 0.2) is 18.5 Å². The number of hydrogen-bond donors (Lipinski definition) is 1. The molecule has 3 rings (SSSR count). The Morgan fingerprint density at radius 2 is 2.29 bits per heavy atom. The van der Waals surface area contributed by atoms with E-state index in [-0.39, 0.29) is 0 Å². The van der Waals surface area contributed by atoms with Crippen molar-refractivity contribution in [2.24, 2.45) is 0 Å². The largest absolute Gasteiger partial charge is 0.367 e. The summed E-state index contributed by atoms with van der Waals surface area (Å²) in [6, 6.07) is 2.77. The summed E-state index contributed by atoms with van der Waals surface area (Å²) in [6.07, 6.45) is 6.32. The molecule has 21 heavy (non-hydrogen) atoms. The van der Waals surface area contributed by atoms with Crippen LogP contribution in [0.2, 0.25) is 0 Å². The van der Waals surface area contributed by atoms with Gasteiger partial charge in [0.2, 0.25) is 0 Å². The molecular weight excluding hydrogens is 262 g/mol. The van der Waals surface area contributed by atoms with E-state index in [1.807, 2.05) is 16.9 Å². The standard InChI is InChI=1S/C16H25N5/c1-4-20-8-5-6-13(20)11-18-16-15-10-14(12(2)3)19-21(15)9-7-17-16/h7,9-10,12-13H,4-6,8,11H2,1-3H3,(H,17,18). The van der Waals surface area contributed by atoms with E-state index in [0.29, 0.717) is 12.0 Å². The monoisotopic (exact) mass is 287 g/mol. The van der Waals surface area contributed by atoms with Crippen molar-refractivity contribution >= 4 is 11.3 Å². The highest BCUT2D eigenvalue weighted by molar-refractivity contribution is 5.67. The number of aromatic nitrogens is 3. The molecule has 3 heterocycles. The van der Waals surface area contributed by atoms with Crippen molar-refractivity contribution in [3.05, 3.63) is 24.2 Å². The molecule has 1 aliphatic heterocycles. The maximum Gasteiger partial charge on any atom is 0.152 e. The molecule has 0 amide bonds. The first kappa shape index (κ1) is 14.3. The molecule has 0 bridgehead atoms. The molecule has 0 aromatic carbocycles. The Kier molecular flexibility index (Phi) is 4.10. The second-order valence-electron chi connectivity index (χ2n) is 6.14. The van der Waals surface area contributed by atoms with Crippen molar-refractivity contribution in [2.75, 3.05) is 25.0 Å². The Morgan fingerprint density at radius 3 is 3.05 bits per heavy atom. The average molecular weight is 287 g/mol. The first-order chi connectivity index (χ1) is 10.2. The van der Waals surface area contributed by atoms with Crippen LogP contribution >= 0.6 is 0 Å². The summed E-state index contributed by atoms with van der Waals surface area (Å²) in [5.41, 5.74) is 2.18. The third-order valence-corrected chi connectivity index (χ3v) is 4.41. The zero-order valence-electron chi connectivity index (χ0n) is 13.2. The zero-order chi connectivity index (χ0) is 14.8. The van der Waals surface area contributed by atoms with Crippen molar-refractivity contribution in [1.29, 1.82) is 0 Å². The minimum absolute atomic E-state index is 0.433. The normalized spacial score (nSPS) is 19.7. The van der Waals surface area contributed by atoms with Crippen LogP contribution < -0.4 is 5.32 Å². The van der Waals surface area contributed by atoms with Gasteiger partial charge in [-0.15, -0.1) is 0 Å². The van der Waals surface area contributed by atoms with Crippen LogP contribution in [0, 0.1) is 0 Å². The van der Waals surface area contributed by atoms with Crippen molar-refractivity contribution < 1.29 is 0 Å². The molecule has 2 aromatic rings. The van der Waals surface area contributed by atoms with E-state index in [4.69, 9.17) is 0 Å². The summed E-state index contributed by atoms with van der Waals surface area (Å²) in [6.45, 7) is 9.89. The van der Waals surface area contributed by atoms with Gasteiger partial charge < -0.3 is 5.32 Å². The highest BCUT2D eigenvalue weighted by Gasteiger charge is 2.22. The molecule has 5 nitrogen and oxygen atoms in total. The number of likely N-dealkylation sites (tertiary alicyclic amines) is 1. The molecular formula is C16H25N5. The highest BCUT2D eigenvalue weighted by atomic mass is 15.2. The Hall–Kier alpha value is -1.62. The van der Waals surface area contributed by atoms with Crippen LogP contribution in [0.1, 0.15) is 45.2 Å². The SMILES string of the molecule is CCN1CCCC1CNc1nccn2nc(C(C)C)cc12. The van der Waals surface area contributed by atoms with Gasteiger partial charge in [0, 0.05) is 25.0 Å². The molecule has 0 spiro atoms. The predicted octanol–water partition coefficient (Wildman–Crippen LogP) is 2.75. The maximum atomic E-state index is 4.61. The van der Waals surface area contributed by atoms with Crippen LogP contribution in [0.3, 0.4) is 0 Å². The summed E-state index contributed by atoms with van der Waals surface area (Å²) in [4.78, 5) is 7.05. The Labute approximate surface area is 126 Å². The van der Waals surface area contributed by atoms with Gasteiger partial charge in [-0.1, -0.05) is 20.8 Å². The van der Waals surface area contributed by atoms with Gasteiger partial charge in [-0.25, -0.2) is 9.50 Å². The third kappa shape index (κ3) is 2.88. The zero-order valence-corrected chi connectivity index (χ0v) is 13.2. The number of anilines is 1. The molecule has 5 heteroatoms. The second-order valence-corrected chi connectivity index (χ2v) is 6.14. The molecule has 0 aliphatic carbocycles. The molecule has 2 aromatic heterocycles. The summed E-state index contributed by atoms with van der Waals surface area (Å²) in [7, 11) is 0. The lowest BCUT2D eigenvalue weighted by Crippen LogP contribution is -2.34. The third-order valence-electron chi connectivity index (χ3n) is 4.41. The molecule has 0 radical (unpaired) electrons. The van der Waals surface area contributed by atoms with E-state index in [9.17, 15) is 0 Å². The van der Waals surface area contributed by atoms with Gasteiger partial charge in [-0.2, -0.15) is 5.10 Å². The van der Waals surface area contributed by atoms with Crippen molar-refractivity contribution in [3.8, 4) is 0 Å². The molecule has 1 atom stereocenters. The molecule has 1 N–H and O–H groups in total. The molecule has 1 saturated heterocycles. The summed E-state index contributed by atoms with van der Waals surface area (Å²) in [5, 5.41) is 8.14. The van der Waals surface area contributed by atoms with Gasteiger partial charge >= 0.3 is 0 Å². The smallest absolute Gasteiger partial charge is 0.152 e. The van der Waals surface area contributed by atoms with Crippen LogP contribution in [-0.2, 0) is 0 Å². The summed E-state index contributed by atoms with van der Waals surface area (Å²) in [5.74, 6) is 1.38. The first-order valence-electron chi connectivity index (χ1n) is 8.01. The minimum Gasteiger partial charge on any atom is -0.367 e. The second kappa shape index (κ2) is 6.02. The summed E-state index contributed by atoms with van der Waals surface area (Å²) < 4.78 is 1.93. The van der Waals surface area contributed by atoms with Crippen LogP contribution in [0.4, 0.5) is 5.82 Å². The molecule has 114 valence electrons. The topological polar surface area (TPSA) is 45.5 Å². The van der Waals surface area contributed by atoms with Crippen LogP contribution in [0.5, 0.6) is 0 Å². The lowest BCUT2D eigenvalue weighted by atomic mass is 10.1. The van der Waals surface area contributed by atoms with Gasteiger partial charge in [0.1, 0.15) is 5.52 Å². The Bertz CT molecular complexity index is 604. The number of rotatable bonds is 5. The lowest BCUT2D eigenvalue weighted by molar-refractivity contribution is 0.277. The van der Waals surface area contributed by atoms with E-state index in [0.717, 1.165) is 30.1 Å². The van der Waals surface area contributed by atoms with Gasteiger partial charge in [0.25, 0.3) is 0 Å². The van der Waals surface area contributed by atoms with E-state index >= 15 is 0 Å². The van der Waals surface area contributed by atoms with E-state index < -0.39 is 0 Å². The number of nitrogens with zero attached hydrogens (tertiary/aromatic N) is 4. The van der Waals surface area contributed by atoms with Gasteiger partial charge in [0.05, 0.1) is 5.69 Å². The quantitative estimate of drug-likeness (QED) is 0.918. The fourth-order valence-electron chi connectivity index (χ4n) is 3.12. The molecule has 1 fully saturated rings. The highest BCUT2D eigenvalue weighted by Crippen LogP contribution is 2.21. The fraction of sp³-hybridized carbons (Fsp3) is 0.625. The first-order valence-corrected chi connectivity index (χ1v) is 8.01. The van der Waals surface area contributed by atoms with E-state index in [1.165, 1.54) is 19.4 Å². The van der Waals surface area contributed by atoms with Crippen molar-refractivity contribution in [1.82, 2.24) is 19.5 Å². The predicted molar refractivity (Wildman–Crippen MR) is 85.8 cm³/mol. The number of nitrogens with one attached hydrogen (secondary N) is 1. The molecule has 1 unspecified atom stereocenters. The van der Waals surface area contributed by atoms with Crippen molar-refractivity contribution in [3.63, 3.8) is 0 Å².